The van der Waals surface area contributed by atoms with Gasteiger partial charge in [0, 0.05) is 30.9 Å². The first-order valence-electron chi connectivity index (χ1n) is 12.0. The van der Waals surface area contributed by atoms with E-state index in [0.717, 1.165) is 30.2 Å². The van der Waals surface area contributed by atoms with E-state index in [1.165, 1.54) is 36.7 Å². The smallest absolute Gasteiger partial charge is 0.247 e. The number of hydrogen-bond acceptors (Lipinski definition) is 5. The molecule has 5 rings (SSSR count). The summed E-state index contributed by atoms with van der Waals surface area (Å²) in [7, 11) is 0. The highest BCUT2D eigenvalue weighted by Gasteiger charge is 2.40. The molecule has 2 amide bonds. The maximum absolute atomic E-state index is 13.4. The van der Waals surface area contributed by atoms with E-state index in [9.17, 15) is 9.59 Å². The summed E-state index contributed by atoms with van der Waals surface area (Å²) in [5, 5.41) is 3.00. The van der Waals surface area contributed by atoms with Gasteiger partial charge in [-0.15, -0.1) is 0 Å². The number of nitrogens with zero attached hydrogens (tertiary/aromatic N) is 3. The van der Waals surface area contributed by atoms with E-state index in [1.807, 2.05) is 72.8 Å². The predicted octanol–water partition coefficient (Wildman–Crippen LogP) is 5.84. The number of aliphatic imine (C=N–C) groups is 1. The zero-order valence-electron chi connectivity index (χ0n) is 19.5. The molecule has 2 heterocycles. The Morgan fingerprint density at radius 2 is 1.51 bits per heavy atom. The fourth-order valence-corrected chi connectivity index (χ4v) is 5.54. The summed E-state index contributed by atoms with van der Waals surface area (Å²) in [6.45, 7) is 2.16. The van der Waals surface area contributed by atoms with Gasteiger partial charge in [-0.05, 0) is 67.8 Å². The van der Waals surface area contributed by atoms with Crippen molar-refractivity contribution >= 4 is 51.5 Å². The molecule has 1 atom stereocenters. The van der Waals surface area contributed by atoms with Crippen LogP contribution in [0, 0.1) is 0 Å². The third-order valence-electron chi connectivity index (χ3n) is 6.17. The number of anilines is 3. The highest BCUT2D eigenvalue weighted by atomic mass is 32.2. The van der Waals surface area contributed by atoms with Crippen LogP contribution in [0.3, 0.4) is 0 Å². The van der Waals surface area contributed by atoms with Crippen molar-refractivity contribution in [1.29, 1.82) is 0 Å². The minimum Gasteiger partial charge on any atom is -0.372 e. The summed E-state index contributed by atoms with van der Waals surface area (Å²) in [5.41, 5.74) is 3.44. The summed E-state index contributed by atoms with van der Waals surface area (Å²) in [5.74, 6) is -0.318. The molecule has 0 radical (unpaired) electrons. The van der Waals surface area contributed by atoms with E-state index >= 15 is 0 Å². The molecule has 0 aromatic heterocycles. The van der Waals surface area contributed by atoms with Gasteiger partial charge in [0.1, 0.15) is 5.25 Å². The molecule has 2 saturated heterocycles. The number of rotatable bonds is 6. The van der Waals surface area contributed by atoms with Crippen molar-refractivity contribution in [3.8, 4) is 0 Å². The van der Waals surface area contributed by atoms with Crippen molar-refractivity contribution < 1.29 is 9.59 Å². The lowest BCUT2D eigenvalue weighted by Gasteiger charge is -2.28. The third-order valence-corrected chi connectivity index (χ3v) is 7.31. The summed E-state index contributed by atoms with van der Waals surface area (Å²) >= 11 is 1.34. The maximum atomic E-state index is 13.4. The highest BCUT2D eigenvalue weighted by molar-refractivity contribution is 8.16. The summed E-state index contributed by atoms with van der Waals surface area (Å²) in [4.78, 5) is 34.9. The Bertz CT molecular complexity index is 1190. The van der Waals surface area contributed by atoms with Gasteiger partial charge >= 0.3 is 0 Å². The zero-order valence-corrected chi connectivity index (χ0v) is 20.3. The molecular formula is C28H28N4O2S. The van der Waals surface area contributed by atoms with E-state index in [0.29, 0.717) is 5.17 Å². The molecule has 2 aliphatic rings. The molecule has 0 spiro atoms. The Morgan fingerprint density at radius 1 is 0.857 bits per heavy atom. The zero-order chi connectivity index (χ0) is 24.0. The molecule has 35 heavy (non-hydrogen) atoms. The number of carbonyl (C=O) groups excluding carboxylic acids is 2. The van der Waals surface area contributed by atoms with E-state index in [4.69, 9.17) is 4.99 Å². The number of hydrogen-bond donors (Lipinski definition) is 1. The van der Waals surface area contributed by atoms with Crippen molar-refractivity contribution in [2.75, 3.05) is 28.2 Å². The van der Waals surface area contributed by atoms with Crippen LogP contribution in [0.1, 0.15) is 25.7 Å². The SMILES string of the molecule is O=C(C[C@@H]1SC(=Nc2ccccc2)N(c2ccccc2)C1=O)Nc1ccc(N2CCCCC2)cc1. The largest absolute Gasteiger partial charge is 0.372 e. The first-order chi connectivity index (χ1) is 17.2. The van der Waals surface area contributed by atoms with Gasteiger partial charge < -0.3 is 10.2 Å². The van der Waals surface area contributed by atoms with E-state index in [1.54, 1.807) is 4.90 Å². The minimum atomic E-state index is -0.537. The number of thioether (sulfide) groups is 1. The van der Waals surface area contributed by atoms with E-state index < -0.39 is 5.25 Å². The van der Waals surface area contributed by atoms with Crippen molar-refractivity contribution in [2.45, 2.75) is 30.9 Å². The number of amidine groups is 1. The molecule has 3 aromatic rings. The first kappa shape index (κ1) is 23.2. The van der Waals surface area contributed by atoms with Crippen molar-refractivity contribution in [1.82, 2.24) is 0 Å². The van der Waals surface area contributed by atoms with Gasteiger partial charge in [-0.3, -0.25) is 14.5 Å². The monoisotopic (exact) mass is 484 g/mol. The standard InChI is InChI=1S/C28H28N4O2S/c33-26(29-22-14-16-23(17-15-22)31-18-8-3-9-19-31)20-25-27(34)32(24-12-6-2-7-13-24)28(35-25)30-21-10-4-1-5-11-21/h1-2,4-7,10-17,25H,3,8-9,18-20H2,(H,29,33)/t25-/m0/s1. The molecule has 3 aromatic carbocycles. The minimum absolute atomic E-state index is 0.0779. The van der Waals surface area contributed by atoms with Crippen LogP contribution in [0.2, 0.25) is 0 Å². The Balaban J connectivity index is 1.28. The molecule has 0 unspecified atom stereocenters. The first-order valence-corrected chi connectivity index (χ1v) is 12.9. The fraction of sp³-hybridized carbons (Fsp3) is 0.250. The van der Waals surface area contributed by atoms with Gasteiger partial charge in [0.25, 0.3) is 0 Å². The average molecular weight is 485 g/mol. The summed E-state index contributed by atoms with van der Waals surface area (Å²) < 4.78 is 0. The van der Waals surface area contributed by atoms with Crippen LogP contribution in [0.4, 0.5) is 22.7 Å². The normalized spacial score (nSPS) is 19.3. The molecule has 2 aliphatic heterocycles. The van der Waals surface area contributed by atoms with Crippen LogP contribution < -0.4 is 15.1 Å². The van der Waals surface area contributed by atoms with Crippen LogP contribution in [0.25, 0.3) is 0 Å². The number of para-hydroxylation sites is 2. The quantitative estimate of drug-likeness (QED) is 0.477. The molecule has 0 bridgehead atoms. The molecule has 0 aliphatic carbocycles. The van der Waals surface area contributed by atoms with Gasteiger partial charge in [0.2, 0.25) is 11.8 Å². The van der Waals surface area contributed by atoms with Crippen LogP contribution in [0.5, 0.6) is 0 Å². The number of amides is 2. The number of piperidine rings is 1. The van der Waals surface area contributed by atoms with Crippen molar-refractivity contribution in [3.63, 3.8) is 0 Å². The maximum Gasteiger partial charge on any atom is 0.247 e. The van der Waals surface area contributed by atoms with Gasteiger partial charge in [0.15, 0.2) is 5.17 Å². The second-order valence-corrected chi connectivity index (χ2v) is 9.86. The number of carbonyl (C=O) groups is 2. The van der Waals surface area contributed by atoms with Crippen LogP contribution >= 0.6 is 11.8 Å². The summed E-state index contributed by atoms with van der Waals surface area (Å²) in [6.07, 6.45) is 3.82. The van der Waals surface area contributed by atoms with E-state index in [2.05, 4.69) is 22.3 Å². The van der Waals surface area contributed by atoms with Crippen LogP contribution in [-0.2, 0) is 9.59 Å². The van der Waals surface area contributed by atoms with Crippen molar-refractivity contribution in [3.05, 3.63) is 84.9 Å². The van der Waals surface area contributed by atoms with E-state index in [-0.39, 0.29) is 18.2 Å². The van der Waals surface area contributed by atoms with Gasteiger partial charge in [-0.2, -0.15) is 0 Å². The van der Waals surface area contributed by atoms with Crippen LogP contribution in [-0.4, -0.2) is 35.3 Å². The van der Waals surface area contributed by atoms with Crippen molar-refractivity contribution in [2.24, 2.45) is 4.99 Å². The lowest BCUT2D eigenvalue weighted by atomic mass is 10.1. The Morgan fingerprint density at radius 3 is 2.20 bits per heavy atom. The highest BCUT2D eigenvalue weighted by Crippen LogP contribution is 2.35. The summed E-state index contributed by atoms with van der Waals surface area (Å²) in [6, 6.07) is 27.0. The number of benzene rings is 3. The Labute approximate surface area is 210 Å². The second kappa shape index (κ2) is 10.8. The van der Waals surface area contributed by atoms with Gasteiger partial charge in [-0.1, -0.05) is 48.2 Å². The fourth-order valence-electron chi connectivity index (χ4n) is 4.39. The van der Waals surface area contributed by atoms with Gasteiger partial charge in [0.05, 0.1) is 11.4 Å². The molecule has 1 N–H and O–H groups in total. The van der Waals surface area contributed by atoms with Crippen LogP contribution in [0.15, 0.2) is 89.9 Å². The predicted molar refractivity (Wildman–Crippen MR) is 145 cm³/mol. The molecule has 2 fully saturated rings. The number of nitrogens with one attached hydrogen (secondary N) is 1. The molecule has 178 valence electrons. The lowest BCUT2D eigenvalue weighted by molar-refractivity contribution is -0.121. The lowest BCUT2D eigenvalue weighted by Crippen LogP contribution is -2.33. The third kappa shape index (κ3) is 5.57. The van der Waals surface area contributed by atoms with Gasteiger partial charge in [-0.25, -0.2) is 4.99 Å². The average Bonchev–Trinajstić information content (AvgIpc) is 3.20. The molecule has 0 saturated carbocycles. The molecule has 7 heteroatoms. The molecule has 6 nitrogen and oxygen atoms in total. The topological polar surface area (TPSA) is 65.0 Å². The second-order valence-electron chi connectivity index (χ2n) is 8.69. The molecular weight excluding hydrogens is 456 g/mol. The Kier molecular flexibility index (Phi) is 7.14. The Hall–Kier alpha value is -3.58.